The summed E-state index contributed by atoms with van der Waals surface area (Å²) < 4.78 is 10.4. The van der Waals surface area contributed by atoms with Gasteiger partial charge in [0.2, 0.25) is 5.89 Å². The molecule has 7 heteroatoms. The van der Waals surface area contributed by atoms with Gasteiger partial charge >= 0.3 is 5.97 Å². The molecule has 1 aliphatic rings. The number of aliphatic carboxylic acids is 1. The molecule has 1 fully saturated rings. The number of carboxylic acids is 1. The molecule has 1 N–H and O–H groups in total. The van der Waals surface area contributed by atoms with E-state index in [2.05, 4.69) is 4.98 Å². The number of hydrogen-bond donors (Lipinski definition) is 1. The highest BCUT2D eigenvalue weighted by atomic mass is 16.5. The van der Waals surface area contributed by atoms with Crippen molar-refractivity contribution in [2.24, 2.45) is 0 Å². The maximum atomic E-state index is 12.4. The Morgan fingerprint density at radius 1 is 1.27 bits per heavy atom. The number of amides is 1. The van der Waals surface area contributed by atoms with Crippen molar-refractivity contribution in [2.75, 3.05) is 19.8 Å². The molecule has 1 atom stereocenters. The first-order chi connectivity index (χ1) is 10.7. The number of morpholine rings is 1. The predicted molar refractivity (Wildman–Crippen MR) is 75.2 cm³/mol. The zero-order valence-corrected chi connectivity index (χ0v) is 11.6. The molecule has 1 aromatic heterocycles. The molecule has 0 radical (unpaired) electrons. The number of oxazole rings is 1. The Morgan fingerprint density at radius 2 is 2.05 bits per heavy atom. The maximum Gasteiger partial charge on any atom is 0.328 e. The van der Waals surface area contributed by atoms with Gasteiger partial charge in [0.1, 0.15) is 6.26 Å². The normalized spacial score (nSPS) is 18.2. The van der Waals surface area contributed by atoms with Crippen LogP contribution in [0.3, 0.4) is 0 Å². The summed E-state index contributed by atoms with van der Waals surface area (Å²) in [6.45, 7) is 0.493. The number of aromatic nitrogens is 1. The van der Waals surface area contributed by atoms with Crippen LogP contribution in [0.15, 0.2) is 41.0 Å². The van der Waals surface area contributed by atoms with E-state index >= 15 is 0 Å². The number of nitrogens with zero attached hydrogens (tertiary/aromatic N) is 2. The summed E-state index contributed by atoms with van der Waals surface area (Å²) in [6.07, 6.45) is 1.25. The van der Waals surface area contributed by atoms with Crippen LogP contribution in [0.5, 0.6) is 0 Å². The molecule has 0 spiro atoms. The molecule has 114 valence electrons. The highest BCUT2D eigenvalue weighted by molar-refractivity contribution is 5.95. The molecule has 1 aliphatic heterocycles. The maximum absolute atomic E-state index is 12.4. The van der Waals surface area contributed by atoms with E-state index < -0.39 is 17.9 Å². The number of carbonyl (C=O) groups is 2. The van der Waals surface area contributed by atoms with Crippen LogP contribution in [0.4, 0.5) is 0 Å². The van der Waals surface area contributed by atoms with E-state index in [9.17, 15) is 9.59 Å². The Kier molecular flexibility index (Phi) is 3.88. The van der Waals surface area contributed by atoms with Crippen molar-refractivity contribution in [2.45, 2.75) is 6.04 Å². The van der Waals surface area contributed by atoms with Crippen LogP contribution in [0.1, 0.15) is 10.5 Å². The van der Waals surface area contributed by atoms with Gasteiger partial charge in [0, 0.05) is 12.1 Å². The minimum atomic E-state index is -1.10. The highest BCUT2D eigenvalue weighted by Gasteiger charge is 2.34. The molecule has 0 aliphatic carbocycles. The molecule has 0 unspecified atom stereocenters. The molecule has 1 aromatic carbocycles. The Balaban J connectivity index is 1.83. The number of benzene rings is 1. The van der Waals surface area contributed by atoms with Crippen LogP contribution in [0.2, 0.25) is 0 Å². The number of carbonyl (C=O) groups excluding carboxylic acids is 1. The van der Waals surface area contributed by atoms with Crippen molar-refractivity contribution >= 4 is 11.9 Å². The lowest BCUT2D eigenvalue weighted by atomic mass is 10.2. The van der Waals surface area contributed by atoms with Crippen LogP contribution >= 0.6 is 0 Å². The minimum Gasteiger partial charge on any atom is -0.480 e. The van der Waals surface area contributed by atoms with Gasteiger partial charge in [-0.25, -0.2) is 9.78 Å². The summed E-state index contributed by atoms with van der Waals surface area (Å²) >= 11 is 0. The van der Waals surface area contributed by atoms with E-state index in [4.69, 9.17) is 14.3 Å². The summed E-state index contributed by atoms with van der Waals surface area (Å²) in [4.78, 5) is 29.1. The first-order valence-corrected chi connectivity index (χ1v) is 6.79. The number of ether oxygens (including phenoxy) is 1. The topological polar surface area (TPSA) is 92.9 Å². The molecule has 2 heterocycles. The molecular weight excluding hydrogens is 288 g/mol. The van der Waals surface area contributed by atoms with E-state index in [-0.39, 0.29) is 18.8 Å². The largest absolute Gasteiger partial charge is 0.480 e. The minimum absolute atomic E-state index is 0.0233. The molecular formula is C15H14N2O5. The second kappa shape index (κ2) is 5.98. The van der Waals surface area contributed by atoms with Crippen molar-refractivity contribution in [3.8, 4) is 11.5 Å². The van der Waals surface area contributed by atoms with Crippen LogP contribution in [0, 0.1) is 0 Å². The van der Waals surface area contributed by atoms with Gasteiger partial charge in [0.25, 0.3) is 5.91 Å². The molecule has 1 amide bonds. The average molecular weight is 302 g/mol. The molecule has 1 saturated heterocycles. The van der Waals surface area contributed by atoms with E-state index in [1.54, 1.807) is 0 Å². The Labute approximate surface area is 126 Å². The molecule has 0 saturated carbocycles. The van der Waals surface area contributed by atoms with E-state index in [1.807, 2.05) is 30.3 Å². The van der Waals surface area contributed by atoms with Gasteiger partial charge in [-0.15, -0.1) is 0 Å². The van der Waals surface area contributed by atoms with Gasteiger partial charge in [-0.3, -0.25) is 4.79 Å². The highest BCUT2D eigenvalue weighted by Crippen LogP contribution is 2.20. The fraction of sp³-hybridized carbons (Fsp3) is 0.267. The number of carboxylic acid groups (broad SMARTS) is 1. The van der Waals surface area contributed by atoms with Crippen molar-refractivity contribution < 1.29 is 23.8 Å². The fourth-order valence-electron chi connectivity index (χ4n) is 2.28. The fourth-order valence-corrected chi connectivity index (χ4v) is 2.28. The van der Waals surface area contributed by atoms with Gasteiger partial charge < -0.3 is 19.2 Å². The zero-order chi connectivity index (χ0) is 15.5. The summed E-state index contributed by atoms with van der Waals surface area (Å²) in [5.41, 5.74) is 0.838. The van der Waals surface area contributed by atoms with Crippen molar-refractivity contribution in [3.63, 3.8) is 0 Å². The summed E-state index contributed by atoms with van der Waals surface area (Å²) in [5.74, 6) is -1.24. The van der Waals surface area contributed by atoms with Crippen LogP contribution < -0.4 is 0 Å². The van der Waals surface area contributed by atoms with Crippen LogP contribution in [-0.4, -0.2) is 52.7 Å². The predicted octanol–water partition coefficient (Wildman–Crippen LogP) is 1.27. The summed E-state index contributed by atoms with van der Waals surface area (Å²) in [7, 11) is 0. The number of hydrogen-bond acceptors (Lipinski definition) is 5. The lowest BCUT2D eigenvalue weighted by molar-refractivity contribution is -0.147. The van der Waals surface area contributed by atoms with Crippen LogP contribution in [0.25, 0.3) is 11.5 Å². The van der Waals surface area contributed by atoms with Crippen molar-refractivity contribution in [3.05, 3.63) is 42.3 Å². The standard InChI is InChI=1S/C15H14N2O5/c18-14(17-6-7-21-9-12(17)15(19)20)11-8-22-13(16-11)10-4-2-1-3-5-10/h1-5,8,12H,6-7,9H2,(H,19,20)/t12-/m1/s1. The molecule has 7 nitrogen and oxygen atoms in total. The summed E-state index contributed by atoms with van der Waals surface area (Å²) in [5, 5.41) is 9.17. The van der Waals surface area contributed by atoms with E-state index in [0.717, 1.165) is 5.56 Å². The Morgan fingerprint density at radius 3 is 2.77 bits per heavy atom. The zero-order valence-electron chi connectivity index (χ0n) is 11.6. The van der Waals surface area contributed by atoms with Crippen molar-refractivity contribution in [1.29, 1.82) is 0 Å². The van der Waals surface area contributed by atoms with Gasteiger partial charge in [0.05, 0.1) is 13.2 Å². The summed E-state index contributed by atoms with van der Waals surface area (Å²) in [6, 6.07) is 8.17. The second-order valence-electron chi connectivity index (χ2n) is 4.83. The van der Waals surface area contributed by atoms with E-state index in [0.29, 0.717) is 12.5 Å². The van der Waals surface area contributed by atoms with Crippen LogP contribution in [-0.2, 0) is 9.53 Å². The molecule has 3 rings (SSSR count). The Bertz CT molecular complexity index is 682. The first-order valence-electron chi connectivity index (χ1n) is 6.79. The van der Waals surface area contributed by atoms with Gasteiger partial charge in [-0.05, 0) is 12.1 Å². The lowest BCUT2D eigenvalue weighted by Crippen LogP contribution is -2.52. The number of rotatable bonds is 3. The monoisotopic (exact) mass is 302 g/mol. The lowest BCUT2D eigenvalue weighted by Gasteiger charge is -2.32. The molecule has 22 heavy (non-hydrogen) atoms. The smallest absolute Gasteiger partial charge is 0.328 e. The molecule has 2 aromatic rings. The van der Waals surface area contributed by atoms with E-state index in [1.165, 1.54) is 11.2 Å². The quantitative estimate of drug-likeness (QED) is 0.917. The third-order valence-electron chi connectivity index (χ3n) is 3.42. The van der Waals surface area contributed by atoms with Gasteiger partial charge in [-0.1, -0.05) is 18.2 Å². The van der Waals surface area contributed by atoms with Crippen molar-refractivity contribution in [1.82, 2.24) is 9.88 Å². The first kappa shape index (κ1) is 14.3. The van der Waals surface area contributed by atoms with Gasteiger partial charge in [-0.2, -0.15) is 0 Å². The SMILES string of the molecule is O=C(O)[C@H]1COCCN1C(=O)c1coc(-c2ccccc2)n1. The third-order valence-corrected chi connectivity index (χ3v) is 3.42. The van der Waals surface area contributed by atoms with Gasteiger partial charge in [0.15, 0.2) is 11.7 Å². The molecule has 0 bridgehead atoms. The third kappa shape index (κ3) is 2.71. The Hall–Kier alpha value is -2.67. The average Bonchev–Trinajstić information content (AvgIpc) is 3.05. The second-order valence-corrected chi connectivity index (χ2v) is 4.83.